The average Bonchev–Trinajstić information content (AvgIpc) is 2.67. The molecule has 0 aliphatic carbocycles. The van der Waals surface area contributed by atoms with E-state index in [1.807, 2.05) is 13.0 Å². The van der Waals surface area contributed by atoms with Crippen molar-refractivity contribution >= 4 is 23.6 Å². The van der Waals surface area contributed by atoms with Gasteiger partial charge in [-0.2, -0.15) is 5.26 Å². The van der Waals surface area contributed by atoms with E-state index in [-0.39, 0.29) is 11.1 Å². The van der Waals surface area contributed by atoms with E-state index in [9.17, 15) is 14.9 Å². The van der Waals surface area contributed by atoms with Gasteiger partial charge in [0, 0.05) is 5.69 Å². The lowest BCUT2D eigenvalue weighted by Gasteiger charge is -2.10. The summed E-state index contributed by atoms with van der Waals surface area (Å²) in [6.07, 6.45) is 1.43. The smallest absolute Gasteiger partial charge is 0.335 e. The summed E-state index contributed by atoms with van der Waals surface area (Å²) in [6, 6.07) is 12.6. The second-order valence-corrected chi connectivity index (χ2v) is 5.35. The number of nitrogens with one attached hydrogen (secondary N) is 1. The molecule has 0 aliphatic heterocycles. The first-order valence-electron chi connectivity index (χ1n) is 8.05. The molecule has 0 bridgehead atoms. The summed E-state index contributed by atoms with van der Waals surface area (Å²) in [4.78, 5) is 23.2. The highest BCUT2D eigenvalue weighted by atomic mass is 16.5. The molecule has 2 aromatic carbocycles. The predicted octanol–water partition coefficient (Wildman–Crippen LogP) is 3.34. The molecule has 7 nitrogen and oxygen atoms in total. The molecule has 0 saturated heterocycles. The van der Waals surface area contributed by atoms with Gasteiger partial charge in [0.15, 0.2) is 11.5 Å². The van der Waals surface area contributed by atoms with Gasteiger partial charge < -0.3 is 19.9 Å². The quantitative estimate of drug-likeness (QED) is 0.575. The number of carbonyl (C=O) groups excluding carboxylic acids is 1. The fourth-order valence-electron chi connectivity index (χ4n) is 2.26. The standard InChI is InChI=1S/C20H18N2O5/c1-3-27-17-9-4-13(11-18(17)26-2)10-15(12-21)19(23)22-16-7-5-14(6-8-16)20(24)25/h4-11H,3H2,1-2H3,(H,22,23)(H,24,25)/b15-10+. The van der Waals surface area contributed by atoms with E-state index >= 15 is 0 Å². The van der Waals surface area contributed by atoms with Gasteiger partial charge in [0.1, 0.15) is 11.6 Å². The summed E-state index contributed by atoms with van der Waals surface area (Å²) in [7, 11) is 1.50. The number of aromatic carboxylic acids is 1. The molecule has 0 unspecified atom stereocenters. The van der Waals surface area contributed by atoms with Crippen LogP contribution in [0.15, 0.2) is 48.0 Å². The summed E-state index contributed by atoms with van der Waals surface area (Å²) in [6.45, 7) is 2.34. The number of amides is 1. The zero-order valence-corrected chi connectivity index (χ0v) is 14.9. The predicted molar refractivity (Wildman–Crippen MR) is 99.8 cm³/mol. The maximum absolute atomic E-state index is 12.3. The number of carbonyl (C=O) groups is 2. The van der Waals surface area contributed by atoms with Gasteiger partial charge >= 0.3 is 5.97 Å². The normalized spacial score (nSPS) is 10.6. The first-order chi connectivity index (χ1) is 13.0. The van der Waals surface area contributed by atoms with Crippen molar-refractivity contribution in [3.05, 3.63) is 59.2 Å². The van der Waals surface area contributed by atoms with Crippen molar-refractivity contribution in [3.63, 3.8) is 0 Å². The van der Waals surface area contributed by atoms with Crippen LogP contribution in [0.2, 0.25) is 0 Å². The molecule has 138 valence electrons. The Balaban J connectivity index is 2.21. The van der Waals surface area contributed by atoms with Crippen LogP contribution in [0, 0.1) is 11.3 Å². The highest BCUT2D eigenvalue weighted by molar-refractivity contribution is 6.09. The minimum Gasteiger partial charge on any atom is -0.493 e. The van der Waals surface area contributed by atoms with Crippen LogP contribution in [0.5, 0.6) is 11.5 Å². The molecule has 0 heterocycles. The Morgan fingerprint density at radius 1 is 1.19 bits per heavy atom. The fraction of sp³-hybridized carbons (Fsp3) is 0.150. The summed E-state index contributed by atoms with van der Waals surface area (Å²) < 4.78 is 10.7. The molecule has 2 rings (SSSR count). The van der Waals surface area contributed by atoms with Gasteiger partial charge in [0.25, 0.3) is 5.91 Å². The summed E-state index contributed by atoms with van der Waals surface area (Å²) in [5.41, 5.74) is 0.979. The van der Waals surface area contributed by atoms with Crippen LogP contribution in [-0.2, 0) is 4.79 Å². The van der Waals surface area contributed by atoms with Gasteiger partial charge in [-0.05, 0) is 55.0 Å². The number of benzene rings is 2. The summed E-state index contributed by atoms with van der Waals surface area (Å²) >= 11 is 0. The SMILES string of the molecule is CCOc1ccc(/C=C(\C#N)C(=O)Nc2ccc(C(=O)O)cc2)cc1OC. The Kier molecular flexibility index (Phi) is 6.55. The van der Waals surface area contributed by atoms with E-state index in [4.69, 9.17) is 14.6 Å². The van der Waals surface area contributed by atoms with E-state index in [1.54, 1.807) is 18.2 Å². The number of methoxy groups -OCH3 is 1. The molecule has 27 heavy (non-hydrogen) atoms. The maximum atomic E-state index is 12.3. The van der Waals surface area contributed by atoms with Gasteiger partial charge in [0.05, 0.1) is 19.3 Å². The molecule has 0 fully saturated rings. The van der Waals surface area contributed by atoms with Crippen LogP contribution < -0.4 is 14.8 Å². The first-order valence-corrected chi connectivity index (χ1v) is 8.05. The Bertz CT molecular complexity index is 911. The Morgan fingerprint density at radius 2 is 1.89 bits per heavy atom. The van der Waals surface area contributed by atoms with E-state index in [1.165, 1.54) is 37.5 Å². The Hall–Kier alpha value is -3.79. The van der Waals surface area contributed by atoms with Gasteiger partial charge in [0.2, 0.25) is 0 Å². The number of carboxylic acid groups (broad SMARTS) is 1. The zero-order valence-electron chi connectivity index (χ0n) is 14.9. The van der Waals surface area contributed by atoms with Crippen molar-refractivity contribution in [3.8, 4) is 17.6 Å². The molecule has 7 heteroatoms. The number of rotatable bonds is 7. The lowest BCUT2D eigenvalue weighted by Crippen LogP contribution is -2.13. The second kappa shape index (κ2) is 9.06. The Labute approximate surface area is 156 Å². The van der Waals surface area contributed by atoms with Gasteiger partial charge in [-0.15, -0.1) is 0 Å². The molecule has 0 saturated carbocycles. The third-order valence-corrected chi connectivity index (χ3v) is 3.55. The van der Waals surface area contributed by atoms with E-state index < -0.39 is 11.9 Å². The van der Waals surface area contributed by atoms with E-state index in [0.29, 0.717) is 29.4 Å². The minimum atomic E-state index is -1.06. The topological polar surface area (TPSA) is 109 Å². The molecule has 2 aromatic rings. The summed E-state index contributed by atoms with van der Waals surface area (Å²) in [5.74, 6) is -0.602. The first kappa shape index (κ1) is 19.5. The van der Waals surface area contributed by atoms with E-state index in [2.05, 4.69) is 5.32 Å². The lowest BCUT2D eigenvalue weighted by atomic mass is 10.1. The van der Waals surface area contributed by atoms with Crippen LogP contribution in [0.1, 0.15) is 22.8 Å². The molecule has 0 atom stereocenters. The van der Waals surface area contributed by atoms with Crippen LogP contribution >= 0.6 is 0 Å². The number of hydrogen-bond donors (Lipinski definition) is 2. The molecule has 0 aliphatic rings. The zero-order chi connectivity index (χ0) is 19.8. The highest BCUT2D eigenvalue weighted by Crippen LogP contribution is 2.29. The van der Waals surface area contributed by atoms with Gasteiger partial charge in [-0.3, -0.25) is 4.79 Å². The molecular weight excluding hydrogens is 348 g/mol. The summed E-state index contributed by atoms with van der Waals surface area (Å²) in [5, 5.41) is 20.8. The molecule has 0 aromatic heterocycles. The monoisotopic (exact) mass is 366 g/mol. The van der Waals surface area contributed by atoms with Crippen molar-refractivity contribution in [1.29, 1.82) is 5.26 Å². The van der Waals surface area contributed by atoms with Crippen LogP contribution in [-0.4, -0.2) is 30.7 Å². The molecular formula is C20H18N2O5. The number of hydrogen-bond acceptors (Lipinski definition) is 5. The third kappa shape index (κ3) is 5.09. The number of anilines is 1. The number of carboxylic acids is 1. The molecule has 0 radical (unpaired) electrons. The van der Waals surface area contributed by atoms with Crippen molar-refractivity contribution in [1.82, 2.24) is 0 Å². The fourth-order valence-corrected chi connectivity index (χ4v) is 2.26. The Morgan fingerprint density at radius 3 is 2.44 bits per heavy atom. The van der Waals surface area contributed by atoms with Crippen molar-refractivity contribution < 1.29 is 24.2 Å². The van der Waals surface area contributed by atoms with Crippen LogP contribution in [0.25, 0.3) is 6.08 Å². The largest absolute Gasteiger partial charge is 0.493 e. The van der Waals surface area contributed by atoms with Crippen molar-refractivity contribution in [2.75, 3.05) is 19.0 Å². The van der Waals surface area contributed by atoms with Crippen LogP contribution in [0.3, 0.4) is 0 Å². The molecule has 1 amide bonds. The number of nitrogens with zero attached hydrogens (tertiary/aromatic N) is 1. The van der Waals surface area contributed by atoms with E-state index in [0.717, 1.165) is 0 Å². The maximum Gasteiger partial charge on any atom is 0.335 e. The third-order valence-electron chi connectivity index (χ3n) is 3.55. The molecule has 0 spiro atoms. The molecule has 2 N–H and O–H groups in total. The van der Waals surface area contributed by atoms with Crippen molar-refractivity contribution in [2.45, 2.75) is 6.92 Å². The number of nitriles is 1. The van der Waals surface area contributed by atoms with Crippen LogP contribution in [0.4, 0.5) is 5.69 Å². The highest BCUT2D eigenvalue weighted by Gasteiger charge is 2.12. The van der Waals surface area contributed by atoms with Crippen molar-refractivity contribution in [2.24, 2.45) is 0 Å². The average molecular weight is 366 g/mol. The minimum absolute atomic E-state index is 0.102. The second-order valence-electron chi connectivity index (χ2n) is 5.35. The van der Waals surface area contributed by atoms with Gasteiger partial charge in [-0.1, -0.05) is 6.07 Å². The van der Waals surface area contributed by atoms with Gasteiger partial charge in [-0.25, -0.2) is 4.79 Å². The lowest BCUT2D eigenvalue weighted by molar-refractivity contribution is -0.112. The number of ether oxygens (including phenoxy) is 2.